The molecule has 22 heavy (non-hydrogen) atoms. The molecule has 1 amide bonds. The molecule has 3 heteroatoms. The molecule has 0 radical (unpaired) electrons. The molecule has 0 spiro atoms. The number of aryl methyl sites for hydroxylation is 3. The van der Waals surface area contributed by atoms with Crippen molar-refractivity contribution in [1.29, 1.82) is 0 Å². The molecule has 1 aliphatic rings. The third kappa shape index (κ3) is 3.77. The van der Waals surface area contributed by atoms with Crippen molar-refractivity contribution in [3.8, 4) is 0 Å². The van der Waals surface area contributed by atoms with Crippen molar-refractivity contribution in [1.82, 2.24) is 5.32 Å². The van der Waals surface area contributed by atoms with E-state index in [4.69, 9.17) is 0 Å². The highest BCUT2D eigenvalue weighted by molar-refractivity contribution is 7.09. The Labute approximate surface area is 136 Å². The first-order valence-electron chi connectivity index (χ1n) is 8.16. The van der Waals surface area contributed by atoms with Crippen LogP contribution in [0.2, 0.25) is 0 Å². The van der Waals surface area contributed by atoms with Gasteiger partial charge in [-0.15, -0.1) is 11.3 Å². The molecule has 0 saturated carbocycles. The van der Waals surface area contributed by atoms with Gasteiger partial charge in [0, 0.05) is 11.3 Å². The van der Waals surface area contributed by atoms with Gasteiger partial charge in [0.15, 0.2) is 0 Å². The largest absolute Gasteiger partial charge is 0.350 e. The van der Waals surface area contributed by atoms with Crippen LogP contribution in [0.3, 0.4) is 0 Å². The summed E-state index contributed by atoms with van der Waals surface area (Å²) >= 11 is 1.72. The van der Waals surface area contributed by atoms with Crippen LogP contribution in [0.15, 0.2) is 35.7 Å². The van der Waals surface area contributed by atoms with E-state index in [9.17, 15) is 4.79 Å². The number of nitrogens with one attached hydrogen (secondary N) is 1. The van der Waals surface area contributed by atoms with Gasteiger partial charge in [0.05, 0.1) is 6.04 Å². The molecule has 1 N–H and O–H groups in total. The van der Waals surface area contributed by atoms with Crippen LogP contribution in [0, 0.1) is 0 Å². The van der Waals surface area contributed by atoms with Gasteiger partial charge in [-0.3, -0.25) is 4.79 Å². The van der Waals surface area contributed by atoms with Gasteiger partial charge < -0.3 is 5.32 Å². The van der Waals surface area contributed by atoms with Crippen LogP contribution in [-0.4, -0.2) is 5.91 Å². The normalized spacial score (nSPS) is 15.1. The number of rotatable bonds is 5. The van der Waals surface area contributed by atoms with E-state index in [0.29, 0.717) is 6.42 Å². The Kier molecular flexibility index (Phi) is 4.94. The molecule has 1 aromatic carbocycles. The minimum Gasteiger partial charge on any atom is -0.350 e. The van der Waals surface area contributed by atoms with Gasteiger partial charge in [-0.1, -0.05) is 24.3 Å². The summed E-state index contributed by atoms with van der Waals surface area (Å²) in [4.78, 5) is 13.4. The molecule has 2 aromatic rings. The maximum Gasteiger partial charge on any atom is 0.220 e. The lowest BCUT2D eigenvalue weighted by atomic mass is 9.89. The highest BCUT2D eigenvalue weighted by Gasteiger charge is 2.14. The summed E-state index contributed by atoms with van der Waals surface area (Å²) < 4.78 is 0. The highest BCUT2D eigenvalue weighted by Crippen LogP contribution is 2.24. The topological polar surface area (TPSA) is 29.1 Å². The van der Waals surface area contributed by atoms with Crippen LogP contribution in [0.25, 0.3) is 0 Å². The number of hydrogen-bond donors (Lipinski definition) is 1. The quantitative estimate of drug-likeness (QED) is 0.869. The van der Waals surface area contributed by atoms with Crippen LogP contribution in [0.1, 0.15) is 53.8 Å². The predicted molar refractivity (Wildman–Crippen MR) is 92.3 cm³/mol. The molecule has 0 unspecified atom stereocenters. The van der Waals surface area contributed by atoms with Crippen LogP contribution < -0.4 is 5.32 Å². The van der Waals surface area contributed by atoms with E-state index in [0.717, 1.165) is 6.42 Å². The zero-order valence-corrected chi connectivity index (χ0v) is 13.9. The summed E-state index contributed by atoms with van der Waals surface area (Å²) in [6, 6.07) is 10.9. The summed E-state index contributed by atoms with van der Waals surface area (Å²) in [5.41, 5.74) is 4.19. The maximum absolute atomic E-state index is 12.1. The molecule has 1 heterocycles. The molecular weight excluding hydrogens is 290 g/mol. The van der Waals surface area contributed by atoms with Gasteiger partial charge in [0.25, 0.3) is 0 Å². The van der Waals surface area contributed by atoms with Gasteiger partial charge in [-0.05, 0) is 67.2 Å². The monoisotopic (exact) mass is 313 g/mol. The van der Waals surface area contributed by atoms with Crippen molar-refractivity contribution in [2.24, 2.45) is 0 Å². The number of carbonyl (C=O) groups is 1. The molecular formula is C19H23NOS. The number of fused-ring (bicyclic) bond motifs is 1. The van der Waals surface area contributed by atoms with Gasteiger partial charge in [-0.25, -0.2) is 0 Å². The summed E-state index contributed by atoms with van der Waals surface area (Å²) in [6.45, 7) is 2.08. The van der Waals surface area contributed by atoms with Gasteiger partial charge in [0.1, 0.15) is 0 Å². The van der Waals surface area contributed by atoms with Gasteiger partial charge in [0.2, 0.25) is 5.91 Å². The third-order valence-corrected chi connectivity index (χ3v) is 5.36. The number of hydrogen-bond acceptors (Lipinski definition) is 2. The molecule has 0 bridgehead atoms. The second kappa shape index (κ2) is 7.10. The first-order chi connectivity index (χ1) is 10.7. The zero-order chi connectivity index (χ0) is 15.4. The van der Waals surface area contributed by atoms with Crippen molar-refractivity contribution in [3.05, 3.63) is 57.3 Å². The minimum atomic E-state index is 0.0862. The Bertz CT molecular complexity index is 633. The molecule has 0 saturated heterocycles. The average molecular weight is 313 g/mol. The number of thiophene rings is 1. The fraction of sp³-hybridized carbons (Fsp3) is 0.421. The van der Waals surface area contributed by atoms with E-state index in [1.165, 1.54) is 47.3 Å². The van der Waals surface area contributed by atoms with Crippen LogP contribution >= 0.6 is 11.3 Å². The molecule has 0 fully saturated rings. The van der Waals surface area contributed by atoms with Crippen molar-refractivity contribution in [3.63, 3.8) is 0 Å². The van der Waals surface area contributed by atoms with Crippen molar-refractivity contribution < 1.29 is 4.79 Å². The number of carbonyl (C=O) groups excluding carboxylic acids is 1. The summed E-state index contributed by atoms with van der Waals surface area (Å²) in [5, 5.41) is 5.19. The smallest absolute Gasteiger partial charge is 0.220 e. The third-order valence-electron chi connectivity index (χ3n) is 4.43. The number of benzene rings is 1. The van der Waals surface area contributed by atoms with E-state index < -0.39 is 0 Å². The molecule has 1 aromatic heterocycles. The standard InChI is InChI=1S/C19H23NOS/c1-14(20-19(21)11-10-18-7-4-12-22-18)16-9-8-15-5-2-3-6-17(15)13-16/h4,7-9,12-14H,2-3,5-6,10-11H2,1H3,(H,20,21)/t14-/m1/s1. The van der Waals surface area contributed by atoms with Crippen molar-refractivity contribution >= 4 is 17.2 Å². The van der Waals surface area contributed by atoms with E-state index in [-0.39, 0.29) is 11.9 Å². The maximum atomic E-state index is 12.1. The van der Waals surface area contributed by atoms with Gasteiger partial charge >= 0.3 is 0 Å². The lowest BCUT2D eigenvalue weighted by Crippen LogP contribution is -2.27. The Morgan fingerprint density at radius 2 is 2.05 bits per heavy atom. The molecule has 1 aliphatic carbocycles. The van der Waals surface area contributed by atoms with Crippen LogP contribution in [0.4, 0.5) is 0 Å². The average Bonchev–Trinajstić information content (AvgIpc) is 3.06. The molecule has 0 aliphatic heterocycles. The fourth-order valence-corrected chi connectivity index (χ4v) is 3.82. The Hall–Kier alpha value is -1.61. The Morgan fingerprint density at radius 1 is 1.23 bits per heavy atom. The van der Waals surface area contributed by atoms with Gasteiger partial charge in [-0.2, -0.15) is 0 Å². The summed E-state index contributed by atoms with van der Waals surface area (Å²) in [5.74, 6) is 0.138. The predicted octanol–water partition coefficient (Wildman–Crippen LogP) is 4.44. The first-order valence-corrected chi connectivity index (χ1v) is 9.04. The lowest BCUT2D eigenvalue weighted by molar-refractivity contribution is -0.121. The van der Waals surface area contributed by atoms with Crippen LogP contribution in [0.5, 0.6) is 0 Å². The second-order valence-corrected chi connectivity index (χ2v) is 7.14. The molecule has 2 nitrogen and oxygen atoms in total. The Morgan fingerprint density at radius 3 is 2.82 bits per heavy atom. The van der Waals surface area contributed by atoms with E-state index >= 15 is 0 Å². The lowest BCUT2D eigenvalue weighted by Gasteiger charge is -2.20. The molecule has 3 rings (SSSR count). The summed E-state index contributed by atoms with van der Waals surface area (Å²) in [7, 11) is 0. The fourth-order valence-electron chi connectivity index (χ4n) is 3.11. The Balaban J connectivity index is 1.56. The van der Waals surface area contributed by atoms with Crippen molar-refractivity contribution in [2.75, 3.05) is 0 Å². The summed E-state index contributed by atoms with van der Waals surface area (Å²) in [6.07, 6.45) is 6.38. The second-order valence-electron chi connectivity index (χ2n) is 6.10. The number of amides is 1. The van der Waals surface area contributed by atoms with E-state index in [1.807, 2.05) is 6.07 Å². The van der Waals surface area contributed by atoms with Crippen LogP contribution in [-0.2, 0) is 24.1 Å². The molecule has 116 valence electrons. The zero-order valence-electron chi connectivity index (χ0n) is 13.1. The molecule has 1 atom stereocenters. The SMILES string of the molecule is C[C@@H](NC(=O)CCc1cccs1)c1ccc2c(c1)CCCC2. The van der Waals surface area contributed by atoms with E-state index in [1.54, 1.807) is 11.3 Å². The minimum absolute atomic E-state index is 0.0862. The van der Waals surface area contributed by atoms with Crippen molar-refractivity contribution in [2.45, 2.75) is 51.5 Å². The van der Waals surface area contributed by atoms with E-state index in [2.05, 4.69) is 41.9 Å². The highest BCUT2D eigenvalue weighted by atomic mass is 32.1. The first kappa shape index (κ1) is 15.3.